The van der Waals surface area contributed by atoms with Gasteiger partial charge >= 0.3 is 0 Å². The van der Waals surface area contributed by atoms with Crippen molar-refractivity contribution in [1.29, 1.82) is 0 Å². The summed E-state index contributed by atoms with van der Waals surface area (Å²) < 4.78 is 6.13. The van der Waals surface area contributed by atoms with Crippen molar-refractivity contribution in [3.63, 3.8) is 0 Å². The standard InChI is InChI=1S/C26H19ClN4O3S2/c1-14-3-12-19-20(13-14)35-22(21(19)27)24(33)28-17-8-4-15(5-9-17)23(32)29-26-31-30-25(36-26)16-6-10-18(34-2)11-7-16/h3-13H,1-2H3,(H,28,33)(H,29,31,32). The lowest BCUT2D eigenvalue weighted by molar-refractivity contribution is 0.102. The molecule has 0 atom stereocenters. The first kappa shape index (κ1) is 23.9. The van der Waals surface area contributed by atoms with Gasteiger partial charge in [-0.15, -0.1) is 21.5 Å². The molecule has 0 unspecified atom stereocenters. The number of hydrogen-bond donors (Lipinski definition) is 2. The molecule has 0 saturated carbocycles. The summed E-state index contributed by atoms with van der Waals surface area (Å²) in [6.45, 7) is 2.00. The first-order valence-electron chi connectivity index (χ1n) is 10.8. The van der Waals surface area contributed by atoms with E-state index in [2.05, 4.69) is 20.8 Å². The number of thiophene rings is 1. The van der Waals surface area contributed by atoms with E-state index in [1.54, 1.807) is 31.4 Å². The van der Waals surface area contributed by atoms with Crippen molar-refractivity contribution in [2.75, 3.05) is 17.7 Å². The molecule has 0 aliphatic carbocycles. The number of benzene rings is 3. The Morgan fingerprint density at radius 3 is 2.36 bits per heavy atom. The van der Waals surface area contributed by atoms with Gasteiger partial charge in [0.2, 0.25) is 5.13 Å². The highest BCUT2D eigenvalue weighted by molar-refractivity contribution is 7.21. The van der Waals surface area contributed by atoms with Crippen LogP contribution in [0.4, 0.5) is 10.8 Å². The summed E-state index contributed by atoms with van der Waals surface area (Å²) >= 11 is 9.07. The number of nitrogens with zero attached hydrogens (tertiary/aromatic N) is 2. The minimum Gasteiger partial charge on any atom is -0.497 e. The fraction of sp³-hybridized carbons (Fsp3) is 0.0769. The second-order valence-corrected chi connectivity index (χ2v) is 10.3. The van der Waals surface area contributed by atoms with Crippen molar-refractivity contribution < 1.29 is 14.3 Å². The molecule has 36 heavy (non-hydrogen) atoms. The minimum atomic E-state index is -0.326. The molecule has 0 radical (unpaired) electrons. The molecule has 2 N–H and O–H groups in total. The SMILES string of the molecule is COc1ccc(-c2nnc(NC(=O)c3ccc(NC(=O)c4sc5cc(C)ccc5c4Cl)cc3)s2)cc1. The molecule has 10 heteroatoms. The Kier molecular flexibility index (Phi) is 6.69. The first-order chi connectivity index (χ1) is 17.4. The van der Waals surface area contributed by atoms with E-state index in [0.717, 1.165) is 27.0 Å². The number of fused-ring (bicyclic) bond motifs is 1. The van der Waals surface area contributed by atoms with Crippen LogP contribution in [0.25, 0.3) is 20.7 Å². The molecule has 0 fully saturated rings. The molecule has 180 valence electrons. The molecule has 0 aliphatic heterocycles. The van der Waals surface area contributed by atoms with Gasteiger partial charge in [0.15, 0.2) is 0 Å². The highest BCUT2D eigenvalue weighted by Gasteiger charge is 2.18. The lowest BCUT2D eigenvalue weighted by atomic mass is 10.2. The van der Waals surface area contributed by atoms with Crippen LogP contribution in [0.3, 0.4) is 0 Å². The third kappa shape index (κ3) is 4.94. The Balaban J connectivity index is 1.24. The van der Waals surface area contributed by atoms with E-state index in [9.17, 15) is 9.59 Å². The van der Waals surface area contributed by atoms with E-state index >= 15 is 0 Å². The number of ether oxygens (including phenoxy) is 1. The third-order valence-corrected chi connectivity index (χ3v) is 7.92. The topological polar surface area (TPSA) is 93.2 Å². The molecule has 0 bridgehead atoms. The second kappa shape index (κ2) is 10.1. The van der Waals surface area contributed by atoms with E-state index in [1.165, 1.54) is 22.7 Å². The zero-order chi connectivity index (χ0) is 25.2. The van der Waals surface area contributed by atoms with Crippen LogP contribution in [0.2, 0.25) is 5.02 Å². The number of halogens is 1. The molecule has 0 spiro atoms. The summed E-state index contributed by atoms with van der Waals surface area (Å²) in [5, 5.41) is 16.2. The summed E-state index contributed by atoms with van der Waals surface area (Å²) in [5.41, 5.74) is 2.96. The molecule has 3 aromatic carbocycles. The van der Waals surface area contributed by atoms with E-state index in [4.69, 9.17) is 16.3 Å². The van der Waals surface area contributed by atoms with Crippen LogP contribution in [0.15, 0.2) is 66.7 Å². The molecular weight excluding hydrogens is 516 g/mol. The van der Waals surface area contributed by atoms with Crippen LogP contribution in [-0.2, 0) is 0 Å². The zero-order valence-corrected chi connectivity index (χ0v) is 21.6. The Labute approximate surface area is 219 Å². The highest BCUT2D eigenvalue weighted by atomic mass is 35.5. The summed E-state index contributed by atoms with van der Waals surface area (Å²) in [6.07, 6.45) is 0. The van der Waals surface area contributed by atoms with Gasteiger partial charge in [0, 0.05) is 26.9 Å². The van der Waals surface area contributed by atoms with Crippen molar-refractivity contribution in [2.24, 2.45) is 0 Å². The van der Waals surface area contributed by atoms with Gasteiger partial charge in [-0.1, -0.05) is 35.1 Å². The largest absolute Gasteiger partial charge is 0.497 e. The number of anilines is 2. The highest BCUT2D eigenvalue weighted by Crippen LogP contribution is 2.36. The number of carbonyl (C=O) groups excluding carboxylic acids is 2. The molecule has 0 saturated heterocycles. The Hall–Kier alpha value is -3.79. The summed E-state index contributed by atoms with van der Waals surface area (Å²) in [5.74, 6) is 0.127. The van der Waals surface area contributed by atoms with Gasteiger partial charge in [0.1, 0.15) is 15.6 Å². The summed E-state index contributed by atoms with van der Waals surface area (Å²) in [7, 11) is 1.61. The normalized spacial score (nSPS) is 10.9. The number of carbonyl (C=O) groups is 2. The number of aryl methyl sites for hydroxylation is 1. The van der Waals surface area contributed by atoms with Crippen LogP contribution < -0.4 is 15.4 Å². The van der Waals surface area contributed by atoms with E-state index < -0.39 is 0 Å². The quantitative estimate of drug-likeness (QED) is 0.247. The van der Waals surface area contributed by atoms with Crippen molar-refractivity contribution in [2.45, 2.75) is 6.92 Å². The molecule has 2 amide bonds. The van der Waals surface area contributed by atoms with E-state index in [-0.39, 0.29) is 11.8 Å². The lowest BCUT2D eigenvalue weighted by Crippen LogP contribution is -2.13. The van der Waals surface area contributed by atoms with Gasteiger partial charge in [0.25, 0.3) is 11.8 Å². The van der Waals surface area contributed by atoms with Gasteiger partial charge in [-0.25, -0.2) is 0 Å². The van der Waals surface area contributed by atoms with Gasteiger partial charge in [-0.05, 0) is 67.1 Å². The second-order valence-electron chi connectivity index (χ2n) is 7.87. The lowest BCUT2D eigenvalue weighted by Gasteiger charge is -2.06. The van der Waals surface area contributed by atoms with Gasteiger partial charge in [-0.2, -0.15) is 0 Å². The maximum atomic E-state index is 12.8. The first-order valence-corrected chi connectivity index (χ1v) is 12.8. The van der Waals surface area contributed by atoms with Crippen molar-refractivity contribution in [3.05, 3.63) is 87.8 Å². The molecule has 2 aromatic heterocycles. The Bertz CT molecular complexity index is 1580. The number of amides is 2. The van der Waals surface area contributed by atoms with E-state index in [1.807, 2.05) is 49.4 Å². The Morgan fingerprint density at radius 1 is 0.889 bits per heavy atom. The van der Waals surface area contributed by atoms with Gasteiger partial charge in [0.05, 0.1) is 12.1 Å². The van der Waals surface area contributed by atoms with Crippen molar-refractivity contribution in [1.82, 2.24) is 10.2 Å². The fourth-order valence-corrected chi connectivity index (χ4v) is 5.76. The van der Waals surface area contributed by atoms with Crippen LogP contribution in [0.1, 0.15) is 25.6 Å². The van der Waals surface area contributed by atoms with Gasteiger partial charge in [-0.3, -0.25) is 14.9 Å². The summed E-state index contributed by atoms with van der Waals surface area (Å²) in [4.78, 5) is 25.9. The molecule has 5 rings (SSSR count). The molecule has 7 nitrogen and oxygen atoms in total. The molecule has 5 aromatic rings. The third-order valence-electron chi connectivity index (χ3n) is 5.38. The molecular formula is C26H19ClN4O3S2. The average molecular weight is 535 g/mol. The maximum Gasteiger partial charge on any atom is 0.267 e. The van der Waals surface area contributed by atoms with Crippen LogP contribution in [0.5, 0.6) is 5.75 Å². The smallest absolute Gasteiger partial charge is 0.267 e. The summed E-state index contributed by atoms with van der Waals surface area (Å²) in [6, 6.07) is 19.9. The maximum absolute atomic E-state index is 12.8. The number of aromatic nitrogens is 2. The van der Waals surface area contributed by atoms with Crippen LogP contribution >= 0.6 is 34.3 Å². The average Bonchev–Trinajstić information content (AvgIpc) is 3.48. The minimum absolute atomic E-state index is 0.295. The molecule has 2 heterocycles. The number of methoxy groups -OCH3 is 1. The number of hydrogen-bond acceptors (Lipinski definition) is 7. The number of nitrogens with one attached hydrogen (secondary N) is 2. The Morgan fingerprint density at radius 2 is 1.64 bits per heavy atom. The van der Waals surface area contributed by atoms with E-state index in [0.29, 0.717) is 31.3 Å². The number of rotatable bonds is 6. The predicted molar refractivity (Wildman–Crippen MR) is 146 cm³/mol. The predicted octanol–water partition coefficient (Wildman–Crippen LogP) is 6.89. The van der Waals surface area contributed by atoms with Gasteiger partial charge < -0.3 is 10.1 Å². The van der Waals surface area contributed by atoms with Crippen molar-refractivity contribution in [3.8, 4) is 16.3 Å². The van der Waals surface area contributed by atoms with Crippen LogP contribution in [-0.4, -0.2) is 29.1 Å². The monoisotopic (exact) mass is 534 g/mol. The zero-order valence-electron chi connectivity index (χ0n) is 19.2. The fourth-order valence-electron chi connectivity index (χ4n) is 3.50. The van der Waals surface area contributed by atoms with Crippen molar-refractivity contribution >= 4 is 67.0 Å². The molecule has 0 aliphatic rings. The van der Waals surface area contributed by atoms with Crippen LogP contribution in [0, 0.1) is 6.92 Å².